The van der Waals surface area contributed by atoms with Gasteiger partial charge in [-0.05, 0) is 42.3 Å². The van der Waals surface area contributed by atoms with Crippen molar-refractivity contribution < 1.29 is 4.74 Å². The highest BCUT2D eigenvalue weighted by Crippen LogP contribution is 2.20. The van der Waals surface area contributed by atoms with Gasteiger partial charge in [-0.25, -0.2) is 0 Å². The van der Waals surface area contributed by atoms with Crippen molar-refractivity contribution >= 4 is 22.4 Å². The van der Waals surface area contributed by atoms with Crippen LogP contribution in [0.4, 0.5) is 0 Å². The summed E-state index contributed by atoms with van der Waals surface area (Å²) in [4.78, 5) is 17.7. The topological polar surface area (TPSA) is 56.5 Å². The lowest BCUT2D eigenvalue weighted by atomic mass is 10.2. The molecule has 5 nitrogen and oxygen atoms in total. The number of fused-ring (bicyclic) bond motifs is 1. The number of nitrogens with zero attached hydrogens (tertiary/aromatic N) is 3. The van der Waals surface area contributed by atoms with Gasteiger partial charge in [0.05, 0.1) is 11.1 Å². The number of rotatable bonds is 5. The maximum Gasteiger partial charge on any atom is 0.291 e. The van der Waals surface area contributed by atoms with E-state index in [4.69, 9.17) is 4.74 Å². The van der Waals surface area contributed by atoms with Crippen molar-refractivity contribution in [3.8, 4) is 17.1 Å². The fraction of sp³-hybridized carbons (Fsp3) is 0.150. The number of hydrogen-bond acceptors (Lipinski definition) is 5. The molecule has 0 aliphatic rings. The molecule has 0 radical (unpaired) electrons. The molecule has 0 bridgehead atoms. The summed E-state index contributed by atoms with van der Waals surface area (Å²) < 4.78 is 7.58. The minimum absolute atomic E-state index is 0.143. The Labute approximate surface area is 154 Å². The first-order valence-corrected chi connectivity index (χ1v) is 9.26. The molecule has 0 aliphatic carbocycles. The summed E-state index contributed by atoms with van der Waals surface area (Å²) in [6.45, 7) is 2.76. The molecule has 0 spiro atoms. The van der Waals surface area contributed by atoms with Crippen molar-refractivity contribution in [3.63, 3.8) is 0 Å². The van der Waals surface area contributed by atoms with Gasteiger partial charge in [0.25, 0.3) is 5.56 Å². The summed E-state index contributed by atoms with van der Waals surface area (Å²) in [6, 6.07) is 17.4. The van der Waals surface area contributed by atoms with Crippen molar-refractivity contribution in [2.75, 3.05) is 6.61 Å². The fourth-order valence-electron chi connectivity index (χ4n) is 2.58. The highest BCUT2D eigenvalue weighted by molar-refractivity contribution is 7.15. The van der Waals surface area contributed by atoms with Gasteiger partial charge >= 0.3 is 0 Å². The maximum atomic E-state index is 12.6. The summed E-state index contributed by atoms with van der Waals surface area (Å²) in [6.07, 6.45) is 2.83. The second-order valence-electron chi connectivity index (χ2n) is 5.83. The van der Waals surface area contributed by atoms with Crippen LogP contribution in [0, 0.1) is 0 Å². The molecule has 2 aromatic heterocycles. The van der Waals surface area contributed by atoms with E-state index in [0.29, 0.717) is 21.9 Å². The molecule has 4 aromatic rings. The molecule has 0 N–H and O–H groups in total. The number of hydrogen-bond donors (Lipinski definition) is 0. The first-order valence-electron chi connectivity index (χ1n) is 8.44. The van der Waals surface area contributed by atoms with E-state index in [9.17, 15) is 4.79 Å². The quantitative estimate of drug-likeness (QED) is 0.547. The van der Waals surface area contributed by atoms with Crippen LogP contribution in [0.2, 0.25) is 0 Å². The minimum atomic E-state index is -0.143. The van der Waals surface area contributed by atoms with Gasteiger partial charge in [0.1, 0.15) is 5.75 Å². The molecule has 0 amide bonds. The number of thiazole rings is 1. The van der Waals surface area contributed by atoms with Crippen molar-refractivity contribution in [1.82, 2.24) is 14.6 Å². The summed E-state index contributed by atoms with van der Waals surface area (Å²) in [5.41, 5.74) is 1.70. The Morgan fingerprint density at radius 3 is 2.58 bits per heavy atom. The average Bonchev–Trinajstić information content (AvgIpc) is 3.21. The Bertz CT molecular complexity index is 1130. The van der Waals surface area contributed by atoms with Crippen LogP contribution in [-0.2, 0) is 0 Å². The molecular weight excluding hydrogens is 346 g/mol. The molecule has 0 saturated heterocycles. The van der Waals surface area contributed by atoms with Gasteiger partial charge in [0, 0.05) is 5.56 Å². The van der Waals surface area contributed by atoms with E-state index in [0.717, 1.165) is 23.3 Å². The molecule has 130 valence electrons. The third-order valence-electron chi connectivity index (χ3n) is 3.86. The molecule has 0 fully saturated rings. The Hall–Kier alpha value is -2.99. The molecular formula is C20H17N3O2S. The van der Waals surface area contributed by atoms with Gasteiger partial charge in [0.2, 0.25) is 4.96 Å². The zero-order chi connectivity index (χ0) is 17.9. The lowest BCUT2D eigenvalue weighted by molar-refractivity contribution is 0.317. The SMILES string of the molecule is CCCOc1ccc(-c2nc3s/c(=C/c4ccccc4)c(=O)n3n2)cc1. The molecule has 0 saturated carbocycles. The van der Waals surface area contributed by atoms with Crippen molar-refractivity contribution in [2.45, 2.75) is 13.3 Å². The Morgan fingerprint density at radius 1 is 1.12 bits per heavy atom. The van der Waals surface area contributed by atoms with E-state index in [1.165, 1.54) is 15.9 Å². The minimum Gasteiger partial charge on any atom is -0.494 e. The van der Waals surface area contributed by atoms with Gasteiger partial charge in [0.15, 0.2) is 5.82 Å². The van der Waals surface area contributed by atoms with Crippen molar-refractivity contribution in [1.29, 1.82) is 0 Å². The van der Waals surface area contributed by atoms with Crippen LogP contribution in [0.1, 0.15) is 18.9 Å². The van der Waals surface area contributed by atoms with Crippen LogP contribution in [0.15, 0.2) is 59.4 Å². The molecule has 2 heterocycles. The van der Waals surface area contributed by atoms with Gasteiger partial charge in [-0.3, -0.25) is 4.79 Å². The van der Waals surface area contributed by atoms with Gasteiger partial charge < -0.3 is 4.74 Å². The molecule has 0 atom stereocenters. The van der Waals surface area contributed by atoms with E-state index >= 15 is 0 Å². The highest BCUT2D eigenvalue weighted by atomic mass is 32.1. The number of aromatic nitrogens is 3. The smallest absolute Gasteiger partial charge is 0.291 e. The fourth-order valence-corrected chi connectivity index (χ4v) is 3.48. The molecule has 0 aliphatic heterocycles. The third kappa shape index (κ3) is 3.23. The van der Waals surface area contributed by atoms with E-state index < -0.39 is 0 Å². The summed E-state index contributed by atoms with van der Waals surface area (Å²) in [7, 11) is 0. The number of benzene rings is 2. The van der Waals surface area contributed by atoms with E-state index in [-0.39, 0.29) is 5.56 Å². The molecule has 4 rings (SSSR count). The van der Waals surface area contributed by atoms with Crippen LogP contribution in [-0.4, -0.2) is 21.2 Å². The van der Waals surface area contributed by atoms with Gasteiger partial charge in [-0.1, -0.05) is 48.6 Å². The first kappa shape index (κ1) is 16.5. The summed E-state index contributed by atoms with van der Waals surface area (Å²) in [5.74, 6) is 1.36. The molecule has 2 aromatic carbocycles. The molecule has 0 unspecified atom stereocenters. The largest absolute Gasteiger partial charge is 0.494 e. The summed E-state index contributed by atoms with van der Waals surface area (Å²) in [5, 5.41) is 4.38. The maximum absolute atomic E-state index is 12.6. The van der Waals surface area contributed by atoms with Crippen molar-refractivity contribution in [3.05, 3.63) is 75.0 Å². The molecule has 6 heteroatoms. The zero-order valence-electron chi connectivity index (χ0n) is 14.3. The predicted octanol–water partition coefficient (Wildman–Crippen LogP) is 3.15. The predicted molar refractivity (Wildman–Crippen MR) is 104 cm³/mol. The second-order valence-corrected chi connectivity index (χ2v) is 6.84. The van der Waals surface area contributed by atoms with E-state index in [1.54, 1.807) is 0 Å². The van der Waals surface area contributed by atoms with Crippen LogP contribution >= 0.6 is 11.3 Å². The Balaban J connectivity index is 1.67. The molecule has 26 heavy (non-hydrogen) atoms. The van der Waals surface area contributed by atoms with Gasteiger partial charge in [-0.2, -0.15) is 9.50 Å². The van der Waals surface area contributed by atoms with E-state index in [2.05, 4.69) is 17.0 Å². The Kier molecular flexibility index (Phi) is 4.50. The Morgan fingerprint density at radius 2 is 1.88 bits per heavy atom. The average molecular weight is 363 g/mol. The highest BCUT2D eigenvalue weighted by Gasteiger charge is 2.12. The lowest BCUT2D eigenvalue weighted by Gasteiger charge is -2.04. The monoisotopic (exact) mass is 363 g/mol. The third-order valence-corrected chi connectivity index (χ3v) is 4.82. The second kappa shape index (κ2) is 7.09. The first-order chi connectivity index (χ1) is 12.7. The van der Waals surface area contributed by atoms with Gasteiger partial charge in [-0.15, -0.1) is 5.10 Å². The van der Waals surface area contributed by atoms with E-state index in [1.807, 2.05) is 60.7 Å². The lowest BCUT2D eigenvalue weighted by Crippen LogP contribution is -2.23. The van der Waals surface area contributed by atoms with Crippen LogP contribution in [0.3, 0.4) is 0 Å². The zero-order valence-corrected chi connectivity index (χ0v) is 15.1. The van der Waals surface area contributed by atoms with Crippen LogP contribution in [0.5, 0.6) is 5.75 Å². The van der Waals surface area contributed by atoms with Crippen molar-refractivity contribution in [2.24, 2.45) is 0 Å². The standard InChI is InChI=1S/C20H17N3O2S/c1-2-12-25-16-10-8-15(9-11-16)18-21-20-23(22-18)19(24)17(26-20)13-14-6-4-3-5-7-14/h3-11,13H,2,12H2,1H3/b17-13+. The summed E-state index contributed by atoms with van der Waals surface area (Å²) >= 11 is 1.35. The van der Waals surface area contributed by atoms with Crippen LogP contribution in [0.25, 0.3) is 22.4 Å². The van der Waals surface area contributed by atoms with Crippen LogP contribution < -0.4 is 14.8 Å². The normalized spacial score (nSPS) is 12.0. The number of ether oxygens (including phenoxy) is 1.